The monoisotopic (exact) mass is 376 g/mol. The van der Waals surface area contributed by atoms with Gasteiger partial charge in [-0.3, -0.25) is 9.59 Å². The molecule has 0 bridgehead atoms. The number of ether oxygens (including phenoxy) is 2. The van der Waals surface area contributed by atoms with Gasteiger partial charge in [-0.05, 0) is 37.0 Å². The number of methoxy groups -OCH3 is 2. The van der Waals surface area contributed by atoms with E-state index in [9.17, 15) is 9.59 Å². The summed E-state index contributed by atoms with van der Waals surface area (Å²) in [6.45, 7) is 4.84. The van der Waals surface area contributed by atoms with E-state index < -0.39 is 0 Å². The number of hydrogen-bond donors (Lipinski definition) is 0. The van der Waals surface area contributed by atoms with Crippen LogP contribution in [0.5, 0.6) is 11.5 Å². The molecule has 0 saturated carbocycles. The summed E-state index contributed by atoms with van der Waals surface area (Å²) in [7, 11) is 3.22. The van der Waals surface area contributed by atoms with Gasteiger partial charge in [-0.2, -0.15) is 0 Å². The van der Waals surface area contributed by atoms with Crippen molar-refractivity contribution in [1.82, 2.24) is 9.80 Å². The quantitative estimate of drug-likeness (QED) is 0.700. The van der Waals surface area contributed by atoms with Gasteiger partial charge in [-0.25, -0.2) is 0 Å². The standard InChI is InChI=1S/C21H32N2O4/c1-4-5-7-20(24)22-12-6-13-23(15-14-22)21(25)11-9-17-8-10-18(26-2)19(16-17)27-3/h8,10,16H,4-7,9,11-15H2,1-3H3. The van der Waals surface area contributed by atoms with Gasteiger partial charge in [0.25, 0.3) is 0 Å². The number of unbranched alkanes of at least 4 members (excludes halogenated alkanes) is 1. The molecule has 0 radical (unpaired) electrons. The Morgan fingerprint density at radius 2 is 1.56 bits per heavy atom. The van der Waals surface area contributed by atoms with Gasteiger partial charge in [-0.15, -0.1) is 0 Å². The van der Waals surface area contributed by atoms with Crippen LogP contribution in [0.4, 0.5) is 0 Å². The topological polar surface area (TPSA) is 59.1 Å². The average molecular weight is 376 g/mol. The molecule has 1 fully saturated rings. The maximum atomic E-state index is 12.6. The van der Waals surface area contributed by atoms with Crippen LogP contribution in [-0.4, -0.2) is 62.0 Å². The summed E-state index contributed by atoms with van der Waals surface area (Å²) in [6, 6.07) is 5.75. The third kappa shape index (κ3) is 6.15. The number of aryl methyl sites for hydroxylation is 1. The highest BCUT2D eigenvalue weighted by atomic mass is 16.5. The minimum absolute atomic E-state index is 0.146. The minimum atomic E-state index is 0.146. The predicted octanol–water partition coefficient (Wildman–Crippen LogP) is 2.89. The number of rotatable bonds is 8. The van der Waals surface area contributed by atoms with Crippen LogP contribution in [0.25, 0.3) is 0 Å². The lowest BCUT2D eigenvalue weighted by molar-refractivity contribution is -0.133. The molecule has 150 valence electrons. The maximum Gasteiger partial charge on any atom is 0.222 e. The first-order chi connectivity index (χ1) is 13.1. The van der Waals surface area contributed by atoms with Gasteiger partial charge in [0.1, 0.15) is 0 Å². The second-order valence-corrected chi connectivity index (χ2v) is 6.91. The molecule has 1 heterocycles. The highest BCUT2D eigenvalue weighted by Crippen LogP contribution is 2.28. The normalized spacial score (nSPS) is 14.6. The first-order valence-corrected chi connectivity index (χ1v) is 9.85. The molecule has 2 amide bonds. The SMILES string of the molecule is CCCCC(=O)N1CCCN(C(=O)CCc2ccc(OC)c(OC)c2)CC1. The number of carbonyl (C=O) groups excluding carboxylic acids is 2. The molecule has 0 unspecified atom stereocenters. The second-order valence-electron chi connectivity index (χ2n) is 6.91. The third-order valence-electron chi connectivity index (χ3n) is 5.02. The van der Waals surface area contributed by atoms with Crippen LogP contribution >= 0.6 is 0 Å². The van der Waals surface area contributed by atoms with E-state index in [0.717, 1.165) is 37.9 Å². The average Bonchev–Trinajstić information content (AvgIpc) is 2.96. The van der Waals surface area contributed by atoms with Gasteiger partial charge in [0, 0.05) is 39.0 Å². The Morgan fingerprint density at radius 1 is 0.926 bits per heavy atom. The summed E-state index contributed by atoms with van der Waals surface area (Å²) in [5.41, 5.74) is 1.05. The molecule has 0 spiro atoms. The van der Waals surface area contributed by atoms with Gasteiger partial charge >= 0.3 is 0 Å². The summed E-state index contributed by atoms with van der Waals surface area (Å²) < 4.78 is 10.6. The molecule has 1 saturated heterocycles. The first kappa shape index (κ1) is 21.1. The van der Waals surface area contributed by atoms with Gasteiger partial charge in [-0.1, -0.05) is 19.4 Å². The lowest BCUT2D eigenvalue weighted by Crippen LogP contribution is -2.37. The minimum Gasteiger partial charge on any atom is -0.493 e. The van der Waals surface area contributed by atoms with E-state index in [1.807, 2.05) is 28.0 Å². The van der Waals surface area contributed by atoms with Crippen LogP contribution in [0.15, 0.2) is 18.2 Å². The van der Waals surface area contributed by atoms with Crippen LogP contribution in [0.2, 0.25) is 0 Å². The Labute approximate surface area is 162 Å². The van der Waals surface area contributed by atoms with E-state index in [4.69, 9.17) is 9.47 Å². The molecule has 6 nitrogen and oxygen atoms in total. The van der Waals surface area contributed by atoms with Crippen molar-refractivity contribution in [3.05, 3.63) is 23.8 Å². The zero-order chi connectivity index (χ0) is 19.6. The van der Waals surface area contributed by atoms with Gasteiger partial charge in [0.15, 0.2) is 11.5 Å². The van der Waals surface area contributed by atoms with Crippen molar-refractivity contribution in [3.63, 3.8) is 0 Å². The summed E-state index contributed by atoms with van der Waals surface area (Å²) in [6.07, 6.45) is 4.54. The van der Waals surface area contributed by atoms with Crippen LogP contribution in [0, 0.1) is 0 Å². The van der Waals surface area contributed by atoms with Crippen molar-refractivity contribution in [2.24, 2.45) is 0 Å². The predicted molar refractivity (Wildman–Crippen MR) is 105 cm³/mol. The van der Waals surface area contributed by atoms with Crippen molar-refractivity contribution >= 4 is 11.8 Å². The highest BCUT2D eigenvalue weighted by molar-refractivity contribution is 5.78. The van der Waals surface area contributed by atoms with E-state index in [-0.39, 0.29) is 11.8 Å². The summed E-state index contributed by atoms with van der Waals surface area (Å²) in [4.78, 5) is 28.6. The molecule has 0 atom stereocenters. The van der Waals surface area contributed by atoms with Gasteiger partial charge in [0.2, 0.25) is 11.8 Å². The third-order valence-corrected chi connectivity index (χ3v) is 5.02. The molecule has 27 heavy (non-hydrogen) atoms. The lowest BCUT2D eigenvalue weighted by atomic mass is 10.1. The second kappa shape index (κ2) is 10.8. The molecule has 0 N–H and O–H groups in total. The highest BCUT2D eigenvalue weighted by Gasteiger charge is 2.21. The first-order valence-electron chi connectivity index (χ1n) is 9.85. The van der Waals surface area contributed by atoms with Crippen molar-refractivity contribution in [2.45, 2.75) is 45.4 Å². The Morgan fingerprint density at radius 3 is 2.15 bits per heavy atom. The van der Waals surface area contributed by atoms with Crippen LogP contribution in [0.1, 0.15) is 44.6 Å². The van der Waals surface area contributed by atoms with E-state index in [1.54, 1.807) is 14.2 Å². The molecule has 0 aromatic heterocycles. The molecule has 1 aliphatic heterocycles. The molecule has 0 aliphatic carbocycles. The van der Waals surface area contributed by atoms with E-state index >= 15 is 0 Å². The molecule has 1 aromatic rings. The van der Waals surface area contributed by atoms with Crippen molar-refractivity contribution in [3.8, 4) is 11.5 Å². The molecule has 1 aromatic carbocycles. The fourth-order valence-electron chi connectivity index (χ4n) is 3.35. The van der Waals surface area contributed by atoms with Gasteiger partial charge < -0.3 is 19.3 Å². The number of carbonyl (C=O) groups is 2. The van der Waals surface area contributed by atoms with E-state index in [2.05, 4.69) is 6.92 Å². The summed E-state index contributed by atoms with van der Waals surface area (Å²) >= 11 is 0. The fourth-order valence-corrected chi connectivity index (χ4v) is 3.35. The maximum absolute atomic E-state index is 12.6. The zero-order valence-electron chi connectivity index (χ0n) is 16.8. The number of amides is 2. The summed E-state index contributed by atoms with van der Waals surface area (Å²) in [5, 5.41) is 0. The van der Waals surface area contributed by atoms with Crippen LogP contribution in [-0.2, 0) is 16.0 Å². The number of benzene rings is 1. The molecule has 2 rings (SSSR count). The number of hydrogen-bond acceptors (Lipinski definition) is 4. The Hall–Kier alpha value is -2.24. The Balaban J connectivity index is 1.85. The summed E-state index contributed by atoms with van der Waals surface area (Å²) in [5.74, 6) is 1.73. The molecule has 1 aliphatic rings. The number of nitrogens with zero attached hydrogens (tertiary/aromatic N) is 2. The van der Waals surface area contributed by atoms with Crippen LogP contribution in [0.3, 0.4) is 0 Å². The van der Waals surface area contributed by atoms with E-state index in [0.29, 0.717) is 43.9 Å². The molecule has 6 heteroatoms. The molecular weight excluding hydrogens is 344 g/mol. The zero-order valence-corrected chi connectivity index (χ0v) is 16.8. The van der Waals surface area contributed by atoms with Crippen molar-refractivity contribution in [2.75, 3.05) is 40.4 Å². The fraction of sp³-hybridized carbons (Fsp3) is 0.619. The van der Waals surface area contributed by atoms with E-state index in [1.165, 1.54) is 0 Å². The van der Waals surface area contributed by atoms with Crippen molar-refractivity contribution in [1.29, 1.82) is 0 Å². The smallest absolute Gasteiger partial charge is 0.222 e. The lowest BCUT2D eigenvalue weighted by Gasteiger charge is -2.22. The Bertz CT molecular complexity index is 633. The Kier molecular flexibility index (Phi) is 8.43. The van der Waals surface area contributed by atoms with Gasteiger partial charge in [0.05, 0.1) is 14.2 Å². The molecular formula is C21H32N2O4. The largest absolute Gasteiger partial charge is 0.493 e. The van der Waals surface area contributed by atoms with Crippen molar-refractivity contribution < 1.29 is 19.1 Å². The van der Waals surface area contributed by atoms with Crippen LogP contribution < -0.4 is 9.47 Å².